The number of carbonyl (C=O) groups is 2. The molecule has 0 radical (unpaired) electrons. The fourth-order valence-electron chi connectivity index (χ4n) is 9.41. The van der Waals surface area contributed by atoms with Crippen LogP contribution in [0.4, 0.5) is 0 Å². The third-order valence-electron chi connectivity index (χ3n) is 13.9. The minimum absolute atomic E-state index is 0.0114. The molecule has 0 saturated heterocycles. The summed E-state index contributed by atoms with van der Waals surface area (Å²) in [5, 5.41) is 23.3. The molecule has 1 amide bonds. The summed E-state index contributed by atoms with van der Waals surface area (Å²) in [6.07, 6.45) is 62.4. The summed E-state index contributed by atoms with van der Waals surface area (Å²) in [5.74, 6) is -0.0604. The third kappa shape index (κ3) is 50.3. The van der Waals surface area contributed by atoms with E-state index in [0.29, 0.717) is 25.9 Å². The van der Waals surface area contributed by atoms with Gasteiger partial charge in [0.15, 0.2) is 0 Å². The van der Waals surface area contributed by atoms with Gasteiger partial charge in [0.2, 0.25) is 5.91 Å². The Kier molecular flexibility index (Phi) is 53.5. The first kappa shape index (κ1) is 62.9. The van der Waals surface area contributed by atoms with E-state index in [0.717, 1.165) is 57.8 Å². The largest absolute Gasteiger partial charge is 0.466 e. The normalized spacial score (nSPS) is 12.5. The van der Waals surface area contributed by atoms with Gasteiger partial charge in [-0.3, -0.25) is 9.59 Å². The van der Waals surface area contributed by atoms with E-state index in [-0.39, 0.29) is 18.5 Å². The number of hydrogen-bond acceptors (Lipinski definition) is 5. The van der Waals surface area contributed by atoms with Crippen LogP contribution >= 0.6 is 0 Å². The molecule has 0 spiro atoms. The maximum Gasteiger partial charge on any atom is 0.305 e. The number of unbranched alkanes of at least 4 members (excludes halogenated alkanes) is 44. The van der Waals surface area contributed by atoms with Gasteiger partial charge >= 0.3 is 5.97 Å². The van der Waals surface area contributed by atoms with E-state index < -0.39 is 12.1 Å². The number of aliphatic hydroxyl groups excluding tert-OH is 2. The van der Waals surface area contributed by atoms with Crippen molar-refractivity contribution in [2.45, 2.75) is 347 Å². The Bertz CT molecular complexity index is 913. The highest BCUT2D eigenvalue weighted by Gasteiger charge is 2.20. The van der Waals surface area contributed by atoms with Crippen LogP contribution in [0.1, 0.15) is 335 Å². The zero-order chi connectivity index (χ0) is 46.5. The van der Waals surface area contributed by atoms with Crippen LogP contribution in [0.3, 0.4) is 0 Å². The average Bonchev–Trinajstić information content (AvgIpc) is 3.29. The van der Waals surface area contributed by atoms with Gasteiger partial charge < -0.3 is 20.3 Å². The number of aliphatic hydroxyl groups is 2. The zero-order valence-corrected chi connectivity index (χ0v) is 43.5. The average molecular weight is 907 g/mol. The van der Waals surface area contributed by atoms with Gasteiger partial charge in [0.25, 0.3) is 0 Å². The lowest BCUT2D eigenvalue weighted by Crippen LogP contribution is -2.45. The molecule has 0 heterocycles. The minimum atomic E-state index is -0.676. The molecule has 0 aromatic rings. The lowest BCUT2D eigenvalue weighted by molar-refractivity contribution is -0.143. The Balaban J connectivity index is 3.44. The number of hydrogen-bond donors (Lipinski definition) is 3. The summed E-state index contributed by atoms with van der Waals surface area (Å²) >= 11 is 0. The van der Waals surface area contributed by atoms with Gasteiger partial charge in [0, 0.05) is 12.8 Å². The molecule has 0 aliphatic rings. The van der Waals surface area contributed by atoms with Crippen molar-refractivity contribution in [3.63, 3.8) is 0 Å². The first-order valence-electron chi connectivity index (χ1n) is 29.3. The van der Waals surface area contributed by atoms with Crippen LogP contribution < -0.4 is 5.32 Å². The second kappa shape index (κ2) is 54.5. The number of rotatable bonds is 55. The van der Waals surface area contributed by atoms with E-state index >= 15 is 0 Å². The summed E-state index contributed by atoms with van der Waals surface area (Å²) in [7, 11) is 0. The van der Waals surface area contributed by atoms with E-state index in [1.54, 1.807) is 0 Å². The Morgan fingerprint density at radius 3 is 0.953 bits per heavy atom. The number of carbonyl (C=O) groups excluding carboxylic acids is 2. The highest BCUT2D eigenvalue weighted by Crippen LogP contribution is 2.18. The van der Waals surface area contributed by atoms with Gasteiger partial charge in [-0.1, -0.05) is 296 Å². The van der Waals surface area contributed by atoms with Crippen molar-refractivity contribution in [2.24, 2.45) is 0 Å². The number of nitrogens with one attached hydrogen (secondary N) is 1. The maximum absolute atomic E-state index is 12.5. The predicted octanol–water partition coefficient (Wildman–Crippen LogP) is 17.9. The van der Waals surface area contributed by atoms with Crippen LogP contribution in [-0.2, 0) is 14.3 Å². The summed E-state index contributed by atoms with van der Waals surface area (Å²) < 4.78 is 5.46. The molecule has 0 aromatic carbocycles. The molecular formula is C58H115NO5. The van der Waals surface area contributed by atoms with Crippen LogP contribution in [0, 0.1) is 0 Å². The first-order valence-corrected chi connectivity index (χ1v) is 29.3. The van der Waals surface area contributed by atoms with Gasteiger partial charge in [-0.05, 0) is 25.7 Å². The molecule has 0 aromatic heterocycles. The quantitative estimate of drug-likeness (QED) is 0.0417. The molecular weight excluding hydrogens is 791 g/mol. The van der Waals surface area contributed by atoms with Crippen LogP contribution in [0.25, 0.3) is 0 Å². The molecule has 3 N–H and O–H groups in total. The molecule has 0 aliphatic carbocycles. The molecule has 0 bridgehead atoms. The molecule has 6 nitrogen and oxygen atoms in total. The van der Waals surface area contributed by atoms with E-state index in [1.807, 2.05) is 0 Å². The SMILES string of the molecule is CCCCCCCCCCCCCCCCCCCCCCCCCCC(O)C(CO)NC(=O)CCCCCCCCCCCCCOC(=O)CCCCCCCCCCCCCC. The second-order valence-electron chi connectivity index (χ2n) is 20.3. The van der Waals surface area contributed by atoms with Gasteiger partial charge in [-0.2, -0.15) is 0 Å². The summed E-state index contributed by atoms with van der Waals surface area (Å²) in [6.45, 7) is 4.94. The van der Waals surface area contributed by atoms with Crippen molar-refractivity contribution >= 4 is 11.9 Å². The summed E-state index contributed by atoms with van der Waals surface area (Å²) in [5.41, 5.74) is 0. The van der Waals surface area contributed by atoms with Crippen molar-refractivity contribution < 1.29 is 24.5 Å². The van der Waals surface area contributed by atoms with Crippen molar-refractivity contribution in [3.8, 4) is 0 Å². The van der Waals surface area contributed by atoms with E-state index in [9.17, 15) is 19.8 Å². The first-order chi connectivity index (χ1) is 31.5. The third-order valence-corrected chi connectivity index (χ3v) is 13.9. The lowest BCUT2D eigenvalue weighted by atomic mass is 10.0. The topological polar surface area (TPSA) is 95.9 Å². The Morgan fingerprint density at radius 1 is 0.375 bits per heavy atom. The maximum atomic E-state index is 12.5. The van der Waals surface area contributed by atoms with E-state index in [1.165, 1.54) is 244 Å². The zero-order valence-electron chi connectivity index (χ0n) is 43.5. The van der Waals surface area contributed by atoms with Crippen LogP contribution in [-0.4, -0.2) is 47.4 Å². The van der Waals surface area contributed by atoms with Crippen molar-refractivity contribution in [1.82, 2.24) is 5.32 Å². The predicted molar refractivity (Wildman–Crippen MR) is 278 cm³/mol. The van der Waals surface area contributed by atoms with Gasteiger partial charge in [0.1, 0.15) is 0 Å². The molecule has 64 heavy (non-hydrogen) atoms. The molecule has 382 valence electrons. The summed E-state index contributed by atoms with van der Waals surface area (Å²) in [6, 6.07) is -0.555. The molecule has 2 unspecified atom stereocenters. The summed E-state index contributed by atoms with van der Waals surface area (Å²) in [4.78, 5) is 24.5. The highest BCUT2D eigenvalue weighted by atomic mass is 16.5. The van der Waals surface area contributed by atoms with E-state index in [4.69, 9.17) is 4.74 Å². The van der Waals surface area contributed by atoms with Crippen molar-refractivity contribution in [2.75, 3.05) is 13.2 Å². The van der Waals surface area contributed by atoms with Crippen LogP contribution in [0.2, 0.25) is 0 Å². The monoisotopic (exact) mass is 906 g/mol. The van der Waals surface area contributed by atoms with Gasteiger partial charge in [-0.15, -0.1) is 0 Å². The highest BCUT2D eigenvalue weighted by molar-refractivity contribution is 5.76. The van der Waals surface area contributed by atoms with Crippen molar-refractivity contribution in [1.29, 1.82) is 0 Å². The number of amides is 1. The Labute approximate surface area is 400 Å². The Morgan fingerprint density at radius 2 is 0.641 bits per heavy atom. The minimum Gasteiger partial charge on any atom is -0.466 e. The molecule has 0 fully saturated rings. The van der Waals surface area contributed by atoms with Gasteiger partial charge in [-0.25, -0.2) is 0 Å². The molecule has 0 rings (SSSR count). The smallest absolute Gasteiger partial charge is 0.305 e. The lowest BCUT2D eigenvalue weighted by Gasteiger charge is -2.22. The van der Waals surface area contributed by atoms with Crippen molar-refractivity contribution in [3.05, 3.63) is 0 Å². The fourth-order valence-corrected chi connectivity index (χ4v) is 9.41. The molecule has 2 atom stereocenters. The number of ether oxygens (including phenoxy) is 1. The molecule has 0 saturated carbocycles. The molecule has 6 heteroatoms. The standard InChI is InChI=1S/C58H115NO5/c1-3-5-7-9-11-13-15-17-18-19-20-21-22-23-24-25-26-27-28-30-34-38-42-46-50-56(61)55(54-60)59-57(62)51-47-43-39-35-31-29-33-37-41-45-49-53-64-58(63)52-48-44-40-36-32-16-14-12-10-8-6-4-2/h55-56,60-61H,3-54H2,1-2H3,(H,59,62). The van der Waals surface area contributed by atoms with Crippen LogP contribution in [0.5, 0.6) is 0 Å². The Hall–Kier alpha value is -1.14. The molecule has 0 aliphatic heterocycles. The van der Waals surface area contributed by atoms with Gasteiger partial charge in [0.05, 0.1) is 25.4 Å². The second-order valence-corrected chi connectivity index (χ2v) is 20.3. The fraction of sp³-hybridized carbons (Fsp3) is 0.966. The number of esters is 1. The van der Waals surface area contributed by atoms with E-state index in [2.05, 4.69) is 19.2 Å². The van der Waals surface area contributed by atoms with Crippen LogP contribution in [0.15, 0.2) is 0 Å².